The number of aromatic nitrogens is 2. The monoisotopic (exact) mass is 442 g/mol. The van der Waals surface area contributed by atoms with E-state index >= 15 is 0 Å². The minimum Gasteiger partial charge on any atom is -0.366 e. The maximum Gasteiger partial charge on any atom is 0.137 e. The van der Waals surface area contributed by atoms with Crippen LogP contribution >= 0.6 is 15.9 Å². The normalized spacial score (nSPS) is 15.2. The van der Waals surface area contributed by atoms with E-state index in [0.29, 0.717) is 4.47 Å². The molecule has 2 heterocycles. The minimum atomic E-state index is -0.213. The molecule has 1 saturated heterocycles. The first-order valence-corrected chi connectivity index (χ1v) is 10.3. The van der Waals surface area contributed by atoms with Crippen LogP contribution in [0.3, 0.4) is 0 Å². The van der Waals surface area contributed by atoms with Crippen molar-refractivity contribution in [2.45, 2.75) is 20.4 Å². The molecular formula is C22H24BrFN4. The lowest BCUT2D eigenvalue weighted by atomic mass is 10.2. The van der Waals surface area contributed by atoms with Crippen molar-refractivity contribution in [1.29, 1.82) is 0 Å². The van der Waals surface area contributed by atoms with E-state index in [1.165, 1.54) is 17.4 Å². The summed E-state index contributed by atoms with van der Waals surface area (Å²) in [5.41, 5.74) is 5.71. The van der Waals surface area contributed by atoms with E-state index in [9.17, 15) is 4.39 Å². The number of rotatable bonds is 4. The fourth-order valence-electron chi connectivity index (χ4n) is 3.94. The molecule has 0 saturated carbocycles. The number of aryl methyl sites for hydroxylation is 1. The molecule has 1 fully saturated rings. The zero-order chi connectivity index (χ0) is 19.7. The Kier molecular flexibility index (Phi) is 5.51. The second-order valence-corrected chi connectivity index (χ2v) is 8.13. The number of benzene rings is 2. The molecule has 0 amide bonds. The van der Waals surface area contributed by atoms with Crippen LogP contribution in [0.1, 0.15) is 17.0 Å². The Hall–Kier alpha value is -2.18. The quantitative estimate of drug-likeness (QED) is 0.584. The lowest BCUT2D eigenvalue weighted by molar-refractivity contribution is 0.249. The summed E-state index contributed by atoms with van der Waals surface area (Å²) in [6.07, 6.45) is 0. The Labute approximate surface area is 173 Å². The topological polar surface area (TPSA) is 24.3 Å². The zero-order valence-corrected chi connectivity index (χ0v) is 17.8. The average molecular weight is 443 g/mol. The van der Waals surface area contributed by atoms with Crippen LogP contribution < -0.4 is 4.90 Å². The van der Waals surface area contributed by atoms with Gasteiger partial charge in [0.15, 0.2) is 0 Å². The third-order valence-corrected chi connectivity index (χ3v) is 5.94. The smallest absolute Gasteiger partial charge is 0.137 e. The van der Waals surface area contributed by atoms with Gasteiger partial charge in [0, 0.05) is 32.7 Å². The summed E-state index contributed by atoms with van der Waals surface area (Å²) in [6, 6.07) is 15.5. The molecule has 1 aliphatic rings. The van der Waals surface area contributed by atoms with Crippen LogP contribution in [-0.2, 0) is 6.54 Å². The van der Waals surface area contributed by atoms with Crippen LogP contribution in [0.15, 0.2) is 53.0 Å². The Bertz CT molecular complexity index is 962. The van der Waals surface area contributed by atoms with Crippen LogP contribution in [0.4, 0.5) is 10.1 Å². The SMILES string of the molecule is Cc1nn(-c2ccccc2)c(C)c1N1CCN(Cc2ccc(F)c(Br)c2)CC1. The first-order valence-electron chi connectivity index (χ1n) is 9.56. The molecule has 0 bridgehead atoms. The largest absolute Gasteiger partial charge is 0.366 e. The number of hydrogen-bond acceptors (Lipinski definition) is 3. The van der Waals surface area contributed by atoms with Crippen LogP contribution in [0.2, 0.25) is 0 Å². The van der Waals surface area contributed by atoms with Gasteiger partial charge in [-0.15, -0.1) is 0 Å². The number of anilines is 1. The van der Waals surface area contributed by atoms with Gasteiger partial charge in [-0.05, 0) is 59.6 Å². The molecule has 28 heavy (non-hydrogen) atoms. The number of hydrogen-bond donors (Lipinski definition) is 0. The predicted molar refractivity (Wildman–Crippen MR) is 115 cm³/mol. The van der Waals surface area contributed by atoms with Gasteiger partial charge in [-0.25, -0.2) is 9.07 Å². The van der Waals surface area contributed by atoms with Crippen molar-refractivity contribution in [3.63, 3.8) is 0 Å². The summed E-state index contributed by atoms with van der Waals surface area (Å²) >= 11 is 3.28. The predicted octanol–water partition coefficient (Wildman–Crippen LogP) is 4.71. The average Bonchev–Trinajstić information content (AvgIpc) is 3.00. The Morgan fingerprint density at radius 2 is 1.71 bits per heavy atom. The third-order valence-electron chi connectivity index (χ3n) is 5.33. The Morgan fingerprint density at radius 3 is 2.39 bits per heavy atom. The highest BCUT2D eigenvalue weighted by atomic mass is 79.9. The van der Waals surface area contributed by atoms with Crippen molar-refractivity contribution in [1.82, 2.24) is 14.7 Å². The molecule has 1 aromatic heterocycles. The highest BCUT2D eigenvalue weighted by molar-refractivity contribution is 9.10. The van der Waals surface area contributed by atoms with Crippen molar-refractivity contribution in [3.8, 4) is 5.69 Å². The number of para-hydroxylation sites is 1. The molecule has 0 radical (unpaired) electrons. The summed E-state index contributed by atoms with van der Waals surface area (Å²) in [6.45, 7) is 8.95. The fraction of sp³-hybridized carbons (Fsp3) is 0.318. The highest BCUT2D eigenvalue weighted by Gasteiger charge is 2.23. The van der Waals surface area contributed by atoms with Gasteiger partial charge in [-0.3, -0.25) is 4.90 Å². The first kappa shape index (κ1) is 19.2. The van der Waals surface area contributed by atoms with Crippen molar-refractivity contribution in [2.75, 3.05) is 31.1 Å². The molecule has 3 aromatic rings. The first-order chi connectivity index (χ1) is 13.5. The van der Waals surface area contributed by atoms with E-state index in [4.69, 9.17) is 5.10 Å². The maximum absolute atomic E-state index is 13.4. The lowest BCUT2D eigenvalue weighted by Crippen LogP contribution is -2.46. The van der Waals surface area contributed by atoms with Gasteiger partial charge >= 0.3 is 0 Å². The molecule has 0 spiro atoms. The minimum absolute atomic E-state index is 0.213. The summed E-state index contributed by atoms with van der Waals surface area (Å²) in [5.74, 6) is -0.213. The molecule has 0 atom stereocenters. The second-order valence-electron chi connectivity index (χ2n) is 7.28. The molecule has 1 aliphatic heterocycles. The second kappa shape index (κ2) is 8.05. The van der Waals surface area contributed by atoms with E-state index in [2.05, 4.69) is 51.7 Å². The molecule has 0 N–H and O–H groups in total. The fourth-order valence-corrected chi connectivity index (χ4v) is 4.36. The number of nitrogens with zero attached hydrogens (tertiary/aromatic N) is 4. The molecule has 6 heteroatoms. The Morgan fingerprint density at radius 1 is 1.00 bits per heavy atom. The third kappa shape index (κ3) is 3.84. The molecule has 4 nitrogen and oxygen atoms in total. The van der Waals surface area contributed by atoms with Crippen molar-refractivity contribution < 1.29 is 4.39 Å². The van der Waals surface area contributed by atoms with Crippen molar-refractivity contribution in [3.05, 3.63) is 75.8 Å². The van der Waals surface area contributed by atoms with E-state index in [1.54, 1.807) is 0 Å². The van der Waals surface area contributed by atoms with Crippen LogP contribution in [0, 0.1) is 19.7 Å². The van der Waals surface area contributed by atoms with E-state index in [1.807, 2.05) is 35.0 Å². The van der Waals surface area contributed by atoms with E-state index < -0.39 is 0 Å². The van der Waals surface area contributed by atoms with Gasteiger partial charge in [-0.2, -0.15) is 5.10 Å². The van der Waals surface area contributed by atoms with Gasteiger partial charge in [0.1, 0.15) is 5.82 Å². The molecule has 2 aromatic carbocycles. The van der Waals surface area contributed by atoms with Crippen LogP contribution in [-0.4, -0.2) is 40.9 Å². The van der Waals surface area contributed by atoms with Crippen LogP contribution in [0.5, 0.6) is 0 Å². The number of halogens is 2. The molecule has 146 valence electrons. The molecule has 0 unspecified atom stereocenters. The van der Waals surface area contributed by atoms with Crippen molar-refractivity contribution >= 4 is 21.6 Å². The highest BCUT2D eigenvalue weighted by Crippen LogP contribution is 2.28. The Balaban J connectivity index is 1.45. The van der Waals surface area contributed by atoms with Gasteiger partial charge < -0.3 is 4.90 Å². The summed E-state index contributed by atoms with van der Waals surface area (Å²) in [4.78, 5) is 4.86. The summed E-state index contributed by atoms with van der Waals surface area (Å²) in [5, 5.41) is 4.78. The van der Waals surface area contributed by atoms with Gasteiger partial charge in [-0.1, -0.05) is 24.3 Å². The van der Waals surface area contributed by atoms with E-state index in [-0.39, 0.29) is 5.82 Å². The number of piperazine rings is 1. The lowest BCUT2D eigenvalue weighted by Gasteiger charge is -2.36. The standard InChI is InChI=1S/C22H24BrFN4/c1-16-22(17(2)28(25-16)19-6-4-3-5-7-19)27-12-10-26(11-13-27)15-18-8-9-21(24)20(23)14-18/h3-9,14H,10-13,15H2,1-2H3. The van der Waals surface area contributed by atoms with E-state index in [0.717, 1.165) is 49.7 Å². The summed E-state index contributed by atoms with van der Waals surface area (Å²) < 4.78 is 16.0. The molecule has 0 aliphatic carbocycles. The zero-order valence-electron chi connectivity index (χ0n) is 16.2. The van der Waals surface area contributed by atoms with Gasteiger partial charge in [0.25, 0.3) is 0 Å². The molecular weight excluding hydrogens is 419 g/mol. The maximum atomic E-state index is 13.4. The molecule has 4 rings (SSSR count). The van der Waals surface area contributed by atoms with Gasteiger partial charge in [0.05, 0.1) is 27.2 Å². The van der Waals surface area contributed by atoms with Crippen molar-refractivity contribution in [2.24, 2.45) is 0 Å². The summed E-state index contributed by atoms with van der Waals surface area (Å²) in [7, 11) is 0. The van der Waals surface area contributed by atoms with Gasteiger partial charge in [0.2, 0.25) is 0 Å². The van der Waals surface area contributed by atoms with Crippen LogP contribution in [0.25, 0.3) is 5.69 Å².